The van der Waals surface area contributed by atoms with E-state index in [2.05, 4.69) is 26.8 Å². The summed E-state index contributed by atoms with van der Waals surface area (Å²) in [7, 11) is 0. The minimum Gasteiger partial charge on any atom is -0.0837 e. The molecule has 0 bridgehead atoms. The van der Waals surface area contributed by atoms with Gasteiger partial charge in [0.2, 0.25) is 0 Å². The van der Waals surface area contributed by atoms with Crippen LogP contribution in [-0.4, -0.2) is 0 Å². The van der Waals surface area contributed by atoms with Crippen LogP contribution >= 0.6 is 11.6 Å². The van der Waals surface area contributed by atoms with Gasteiger partial charge in [-0.25, -0.2) is 0 Å². The summed E-state index contributed by atoms with van der Waals surface area (Å²) in [6.07, 6.45) is 3.02. The first-order chi connectivity index (χ1) is 6.24. The molecule has 0 unspecified atom stereocenters. The van der Waals surface area contributed by atoms with Gasteiger partial charge in [0.25, 0.3) is 0 Å². The highest BCUT2D eigenvalue weighted by Crippen LogP contribution is 2.25. The number of hydrogen-bond donors (Lipinski definition) is 0. The lowest BCUT2D eigenvalue weighted by atomic mass is 9.99. The fraction of sp³-hybridized carbons (Fsp3) is 0.500. The summed E-state index contributed by atoms with van der Waals surface area (Å²) >= 11 is 6.27. The summed E-state index contributed by atoms with van der Waals surface area (Å²) < 4.78 is 0. The van der Waals surface area contributed by atoms with Gasteiger partial charge in [0, 0.05) is 5.02 Å². The van der Waals surface area contributed by atoms with E-state index in [0.29, 0.717) is 0 Å². The summed E-state index contributed by atoms with van der Waals surface area (Å²) in [6.45, 7) is 6.42. The van der Waals surface area contributed by atoms with E-state index in [4.69, 9.17) is 11.6 Å². The Kier molecular flexibility index (Phi) is 3.80. The first-order valence-electron chi connectivity index (χ1n) is 4.95. The smallest absolute Gasteiger partial charge is 0.0472 e. The van der Waals surface area contributed by atoms with Crippen LogP contribution in [0.15, 0.2) is 6.07 Å². The third-order valence-corrected chi connectivity index (χ3v) is 2.89. The molecule has 1 heteroatoms. The van der Waals surface area contributed by atoms with Gasteiger partial charge >= 0.3 is 0 Å². The van der Waals surface area contributed by atoms with Gasteiger partial charge in [0.1, 0.15) is 0 Å². The third kappa shape index (κ3) is 2.05. The van der Waals surface area contributed by atoms with Crippen molar-refractivity contribution < 1.29 is 0 Å². The molecule has 0 aromatic heterocycles. The van der Waals surface area contributed by atoms with Crippen LogP contribution in [0.1, 0.15) is 37.5 Å². The van der Waals surface area contributed by atoms with Crippen LogP contribution in [0.4, 0.5) is 0 Å². The molecule has 0 atom stereocenters. The van der Waals surface area contributed by atoms with Crippen molar-refractivity contribution in [2.75, 3.05) is 0 Å². The fourth-order valence-electron chi connectivity index (χ4n) is 1.59. The molecule has 0 nitrogen and oxygen atoms in total. The lowest BCUT2D eigenvalue weighted by Crippen LogP contribution is -1.96. The van der Waals surface area contributed by atoms with Crippen LogP contribution in [0, 0.1) is 6.07 Å². The standard InChI is InChI=1S/C12H16Cl/c1-4-9-7-8-10(5-2)12(13)11(9)6-3/h8H,4-6H2,1-3H3. The Labute approximate surface area is 85.9 Å². The van der Waals surface area contributed by atoms with Crippen LogP contribution in [0.3, 0.4) is 0 Å². The number of aryl methyl sites for hydroxylation is 2. The summed E-state index contributed by atoms with van der Waals surface area (Å²) in [5.41, 5.74) is 3.77. The minimum absolute atomic E-state index is 0.959. The Balaban J connectivity index is 3.23. The fourth-order valence-corrected chi connectivity index (χ4v) is 2.03. The van der Waals surface area contributed by atoms with Crippen molar-refractivity contribution in [3.05, 3.63) is 33.8 Å². The Morgan fingerprint density at radius 2 is 1.85 bits per heavy atom. The highest BCUT2D eigenvalue weighted by atomic mass is 35.5. The van der Waals surface area contributed by atoms with E-state index in [9.17, 15) is 0 Å². The molecule has 0 saturated heterocycles. The number of rotatable bonds is 3. The summed E-state index contributed by atoms with van der Waals surface area (Å²) in [4.78, 5) is 0. The minimum atomic E-state index is 0.959. The number of hydrogen-bond acceptors (Lipinski definition) is 0. The second-order valence-electron chi connectivity index (χ2n) is 3.15. The van der Waals surface area contributed by atoms with Crippen LogP contribution in [-0.2, 0) is 19.3 Å². The molecular formula is C12H16Cl. The molecule has 0 saturated carbocycles. The molecule has 0 aliphatic rings. The predicted molar refractivity (Wildman–Crippen MR) is 58.4 cm³/mol. The average Bonchev–Trinajstić information content (AvgIpc) is 2.17. The molecule has 1 radical (unpaired) electrons. The van der Waals surface area contributed by atoms with E-state index >= 15 is 0 Å². The normalized spacial score (nSPS) is 10.5. The van der Waals surface area contributed by atoms with Crippen LogP contribution in [0.25, 0.3) is 0 Å². The monoisotopic (exact) mass is 195 g/mol. The topological polar surface area (TPSA) is 0 Å². The van der Waals surface area contributed by atoms with Gasteiger partial charge in [0.15, 0.2) is 0 Å². The first kappa shape index (κ1) is 10.6. The largest absolute Gasteiger partial charge is 0.0837 e. The number of halogens is 1. The average molecular weight is 196 g/mol. The van der Waals surface area contributed by atoms with E-state index in [1.54, 1.807) is 0 Å². The van der Waals surface area contributed by atoms with Gasteiger partial charge in [-0.15, -0.1) is 0 Å². The second-order valence-corrected chi connectivity index (χ2v) is 3.52. The molecule has 0 aliphatic carbocycles. The van der Waals surface area contributed by atoms with Crippen molar-refractivity contribution in [2.45, 2.75) is 40.0 Å². The quantitative estimate of drug-likeness (QED) is 0.688. The van der Waals surface area contributed by atoms with Crippen molar-refractivity contribution in [1.29, 1.82) is 0 Å². The van der Waals surface area contributed by atoms with Gasteiger partial charge in [-0.3, -0.25) is 0 Å². The summed E-state index contributed by atoms with van der Waals surface area (Å²) in [5.74, 6) is 0. The molecule has 0 amide bonds. The van der Waals surface area contributed by atoms with Crippen molar-refractivity contribution >= 4 is 11.6 Å². The first-order valence-corrected chi connectivity index (χ1v) is 5.33. The van der Waals surface area contributed by atoms with Crippen LogP contribution in [0.2, 0.25) is 5.02 Å². The maximum absolute atomic E-state index is 6.27. The Morgan fingerprint density at radius 3 is 2.31 bits per heavy atom. The molecule has 0 spiro atoms. The molecule has 71 valence electrons. The Hall–Kier alpha value is -0.490. The zero-order valence-electron chi connectivity index (χ0n) is 8.58. The maximum atomic E-state index is 6.27. The predicted octanol–water partition coefficient (Wildman–Crippen LogP) is 3.83. The molecule has 0 heterocycles. The molecule has 1 rings (SSSR count). The molecule has 13 heavy (non-hydrogen) atoms. The molecule has 0 N–H and O–H groups in total. The third-order valence-electron chi connectivity index (χ3n) is 2.42. The highest BCUT2D eigenvalue weighted by molar-refractivity contribution is 6.32. The van der Waals surface area contributed by atoms with Gasteiger partial charge < -0.3 is 0 Å². The highest BCUT2D eigenvalue weighted by Gasteiger charge is 2.07. The van der Waals surface area contributed by atoms with Crippen LogP contribution < -0.4 is 0 Å². The molecule has 0 fully saturated rings. The maximum Gasteiger partial charge on any atom is 0.0472 e. The Bertz CT molecular complexity index is 289. The summed E-state index contributed by atoms with van der Waals surface area (Å²) in [6, 6.07) is 5.34. The Morgan fingerprint density at radius 1 is 1.15 bits per heavy atom. The van der Waals surface area contributed by atoms with E-state index < -0.39 is 0 Å². The SMILES string of the molecule is CCc1[c]cc(CC)c(Cl)c1CC. The van der Waals surface area contributed by atoms with Gasteiger partial charge in [-0.05, 0) is 48.1 Å². The van der Waals surface area contributed by atoms with E-state index in [-0.39, 0.29) is 0 Å². The van der Waals surface area contributed by atoms with Crippen LogP contribution in [0.5, 0.6) is 0 Å². The second kappa shape index (κ2) is 4.66. The molecule has 1 aromatic carbocycles. The molecule has 1 aromatic rings. The van der Waals surface area contributed by atoms with Crippen molar-refractivity contribution in [3.8, 4) is 0 Å². The zero-order valence-corrected chi connectivity index (χ0v) is 9.33. The number of benzene rings is 1. The van der Waals surface area contributed by atoms with E-state index in [1.165, 1.54) is 16.7 Å². The van der Waals surface area contributed by atoms with Crippen molar-refractivity contribution in [2.24, 2.45) is 0 Å². The lowest BCUT2D eigenvalue weighted by Gasteiger charge is -2.10. The van der Waals surface area contributed by atoms with Gasteiger partial charge in [0.05, 0.1) is 0 Å². The summed E-state index contributed by atoms with van der Waals surface area (Å²) in [5, 5.41) is 0.959. The van der Waals surface area contributed by atoms with E-state index in [1.807, 2.05) is 6.07 Å². The van der Waals surface area contributed by atoms with Crippen molar-refractivity contribution in [1.82, 2.24) is 0 Å². The zero-order chi connectivity index (χ0) is 9.84. The van der Waals surface area contributed by atoms with Gasteiger partial charge in [-0.2, -0.15) is 0 Å². The van der Waals surface area contributed by atoms with Crippen molar-refractivity contribution in [3.63, 3.8) is 0 Å². The molecule has 0 aliphatic heterocycles. The molecular weight excluding hydrogens is 180 g/mol. The van der Waals surface area contributed by atoms with E-state index in [0.717, 1.165) is 24.3 Å². The lowest BCUT2D eigenvalue weighted by molar-refractivity contribution is 1.01. The van der Waals surface area contributed by atoms with Gasteiger partial charge in [-0.1, -0.05) is 32.4 Å².